The Hall–Kier alpha value is -1.78. The Kier molecular flexibility index (Phi) is 3.51. The predicted molar refractivity (Wildman–Crippen MR) is 74.9 cm³/mol. The van der Waals surface area contributed by atoms with Gasteiger partial charge in [-0.1, -0.05) is 12.8 Å². The number of primary amides is 1. The maximum absolute atomic E-state index is 12.5. The van der Waals surface area contributed by atoms with E-state index in [4.69, 9.17) is 5.73 Å². The molecule has 5 heteroatoms. The molecule has 1 fully saturated rings. The van der Waals surface area contributed by atoms with Crippen LogP contribution in [0.3, 0.4) is 0 Å². The van der Waals surface area contributed by atoms with Crippen LogP contribution < -0.4 is 5.73 Å². The van der Waals surface area contributed by atoms with Crippen LogP contribution in [0.1, 0.15) is 48.2 Å². The number of carbonyl (C=O) groups is 2. The number of hydrogen-bond acceptors (Lipinski definition) is 2. The first kappa shape index (κ1) is 13.2. The molecule has 0 aromatic carbocycles. The van der Waals surface area contributed by atoms with Crippen molar-refractivity contribution < 1.29 is 9.59 Å². The molecule has 1 aliphatic carbocycles. The molecule has 1 aliphatic heterocycles. The molecule has 108 valence electrons. The van der Waals surface area contributed by atoms with Gasteiger partial charge in [0.2, 0.25) is 11.8 Å². The third-order valence-corrected chi connectivity index (χ3v) is 4.47. The third kappa shape index (κ3) is 2.44. The highest BCUT2D eigenvalue weighted by molar-refractivity contribution is 5.92. The van der Waals surface area contributed by atoms with Crippen LogP contribution in [0, 0.1) is 5.92 Å². The summed E-state index contributed by atoms with van der Waals surface area (Å²) in [6.45, 7) is 2.25. The first-order chi connectivity index (χ1) is 9.65. The molecule has 20 heavy (non-hydrogen) atoms. The van der Waals surface area contributed by atoms with E-state index >= 15 is 0 Å². The Morgan fingerprint density at radius 2 is 1.90 bits per heavy atom. The molecule has 2 heterocycles. The number of aromatic nitrogens is 1. The molecule has 0 radical (unpaired) electrons. The number of amides is 2. The van der Waals surface area contributed by atoms with Crippen LogP contribution in [-0.2, 0) is 17.9 Å². The highest BCUT2D eigenvalue weighted by Gasteiger charge is 2.28. The fourth-order valence-electron chi connectivity index (χ4n) is 3.36. The van der Waals surface area contributed by atoms with Crippen LogP contribution in [0.2, 0.25) is 0 Å². The fourth-order valence-corrected chi connectivity index (χ4v) is 3.36. The van der Waals surface area contributed by atoms with E-state index in [-0.39, 0.29) is 11.8 Å². The van der Waals surface area contributed by atoms with E-state index in [2.05, 4.69) is 4.57 Å². The largest absolute Gasteiger partial charge is 0.366 e. The van der Waals surface area contributed by atoms with Gasteiger partial charge in [-0.3, -0.25) is 9.59 Å². The smallest absolute Gasteiger partial charge is 0.250 e. The second-order valence-electron chi connectivity index (χ2n) is 5.87. The summed E-state index contributed by atoms with van der Waals surface area (Å²) in [5, 5.41) is 0. The van der Waals surface area contributed by atoms with Gasteiger partial charge in [-0.2, -0.15) is 0 Å². The van der Waals surface area contributed by atoms with Gasteiger partial charge in [-0.15, -0.1) is 0 Å². The molecule has 2 amide bonds. The van der Waals surface area contributed by atoms with Gasteiger partial charge in [0.15, 0.2) is 0 Å². The monoisotopic (exact) mass is 275 g/mol. The van der Waals surface area contributed by atoms with E-state index in [9.17, 15) is 9.59 Å². The van der Waals surface area contributed by atoms with Gasteiger partial charge >= 0.3 is 0 Å². The van der Waals surface area contributed by atoms with Crippen molar-refractivity contribution >= 4 is 11.8 Å². The van der Waals surface area contributed by atoms with Crippen LogP contribution in [0.4, 0.5) is 0 Å². The number of rotatable bonds is 2. The summed E-state index contributed by atoms with van der Waals surface area (Å²) in [6.07, 6.45) is 7.14. The lowest BCUT2D eigenvalue weighted by Crippen LogP contribution is -2.35. The first-order valence-corrected chi connectivity index (χ1v) is 7.43. The van der Waals surface area contributed by atoms with E-state index in [1.807, 2.05) is 11.0 Å². The van der Waals surface area contributed by atoms with Crippen LogP contribution in [0.15, 0.2) is 12.3 Å². The van der Waals surface area contributed by atoms with Crippen LogP contribution in [0.5, 0.6) is 0 Å². The predicted octanol–water partition coefficient (Wildman–Crippen LogP) is 1.51. The normalized spacial score (nSPS) is 19.7. The second kappa shape index (κ2) is 5.31. The highest BCUT2D eigenvalue weighted by atomic mass is 16.2. The minimum atomic E-state index is -0.403. The van der Waals surface area contributed by atoms with E-state index in [0.717, 1.165) is 38.0 Å². The molecule has 0 atom stereocenters. The van der Waals surface area contributed by atoms with Gasteiger partial charge in [0.05, 0.1) is 12.1 Å². The van der Waals surface area contributed by atoms with Gasteiger partial charge in [0.25, 0.3) is 0 Å². The zero-order valence-electron chi connectivity index (χ0n) is 11.7. The molecule has 1 saturated carbocycles. The van der Waals surface area contributed by atoms with Crippen molar-refractivity contribution in [1.82, 2.24) is 9.47 Å². The van der Waals surface area contributed by atoms with Crippen LogP contribution in [0.25, 0.3) is 0 Å². The summed E-state index contributed by atoms with van der Waals surface area (Å²) in [5.41, 5.74) is 6.88. The van der Waals surface area contributed by atoms with Gasteiger partial charge in [0, 0.05) is 30.9 Å². The molecule has 2 N–H and O–H groups in total. The lowest BCUT2D eigenvalue weighted by atomic mass is 10.1. The van der Waals surface area contributed by atoms with Gasteiger partial charge < -0.3 is 15.2 Å². The maximum Gasteiger partial charge on any atom is 0.250 e. The SMILES string of the molecule is NC(=O)c1cc2n(c1)CCCN(C(=O)C1CCCC1)C2. The minimum Gasteiger partial charge on any atom is -0.366 e. The zero-order valence-corrected chi connectivity index (χ0v) is 11.7. The zero-order chi connectivity index (χ0) is 14.1. The Morgan fingerprint density at radius 1 is 1.15 bits per heavy atom. The van der Waals surface area contributed by atoms with E-state index in [1.165, 1.54) is 12.8 Å². The molecule has 5 nitrogen and oxygen atoms in total. The number of fused-ring (bicyclic) bond motifs is 1. The molecule has 0 spiro atoms. The summed E-state index contributed by atoms with van der Waals surface area (Å²) in [6, 6.07) is 1.82. The number of nitrogens with zero attached hydrogens (tertiary/aromatic N) is 2. The molecule has 0 bridgehead atoms. The lowest BCUT2D eigenvalue weighted by molar-refractivity contribution is -0.135. The average molecular weight is 275 g/mol. The summed E-state index contributed by atoms with van der Waals surface area (Å²) in [4.78, 5) is 25.7. The van der Waals surface area contributed by atoms with E-state index < -0.39 is 5.91 Å². The van der Waals surface area contributed by atoms with Crippen molar-refractivity contribution in [3.8, 4) is 0 Å². The topological polar surface area (TPSA) is 68.3 Å². The summed E-state index contributed by atoms with van der Waals surface area (Å²) >= 11 is 0. The van der Waals surface area contributed by atoms with Gasteiger partial charge in [-0.05, 0) is 25.3 Å². The fraction of sp³-hybridized carbons (Fsp3) is 0.600. The molecule has 1 aromatic rings. The second-order valence-corrected chi connectivity index (χ2v) is 5.87. The summed E-state index contributed by atoms with van der Waals surface area (Å²) < 4.78 is 2.06. The standard InChI is InChI=1S/C15H21N3O2/c16-14(19)12-8-13-10-18(7-3-6-17(13)9-12)15(20)11-4-1-2-5-11/h8-9,11H,1-7,10H2,(H2,16,19). The van der Waals surface area contributed by atoms with Crippen molar-refractivity contribution in [2.24, 2.45) is 11.7 Å². The Labute approximate surface area is 118 Å². The van der Waals surface area contributed by atoms with Crippen LogP contribution >= 0.6 is 0 Å². The van der Waals surface area contributed by atoms with Gasteiger partial charge in [-0.25, -0.2) is 0 Å². The lowest BCUT2D eigenvalue weighted by Gasteiger charge is -2.23. The molecule has 3 rings (SSSR count). The quantitative estimate of drug-likeness (QED) is 0.889. The Morgan fingerprint density at radius 3 is 2.60 bits per heavy atom. The molecular weight excluding hydrogens is 254 g/mol. The number of aryl methyl sites for hydroxylation is 1. The molecular formula is C15H21N3O2. The molecule has 2 aliphatic rings. The summed E-state index contributed by atoms with van der Waals surface area (Å²) in [5.74, 6) is 0.101. The van der Waals surface area contributed by atoms with Crippen molar-refractivity contribution in [1.29, 1.82) is 0 Å². The Balaban J connectivity index is 1.77. The molecule has 1 aromatic heterocycles. The summed E-state index contributed by atoms with van der Waals surface area (Å²) in [7, 11) is 0. The first-order valence-electron chi connectivity index (χ1n) is 7.43. The number of carbonyl (C=O) groups excluding carboxylic acids is 2. The maximum atomic E-state index is 12.5. The van der Waals surface area contributed by atoms with Crippen molar-refractivity contribution in [2.45, 2.75) is 45.2 Å². The van der Waals surface area contributed by atoms with Crippen molar-refractivity contribution in [3.63, 3.8) is 0 Å². The van der Waals surface area contributed by atoms with E-state index in [1.54, 1.807) is 6.20 Å². The minimum absolute atomic E-state index is 0.215. The average Bonchev–Trinajstić information content (AvgIpc) is 3.04. The van der Waals surface area contributed by atoms with Gasteiger partial charge in [0.1, 0.15) is 0 Å². The Bertz CT molecular complexity index is 529. The highest BCUT2D eigenvalue weighted by Crippen LogP contribution is 2.28. The third-order valence-electron chi connectivity index (χ3n) is 4.47. The van der Waals surface area contributed by atoms with Crippen LogP contribution in [-0.4, -0.2) is 27.8 Å². The van der Waals surface area contributed by atoms with Crippen molar-refractivity contribution in [3.05, 3.63) is 23.5 Å². The number of hydrogen-bond donors (Lipinski definition) is 1. The van der Waals surface area contributed by atoms with E-state index in [0.29, 0.717) is 12.1 Å². The van der Waals surface area contributed by atoms with Crippen molar-refractivity contribution in [2.75, 3.05) is 6.54 Å². The molecule has 0 unspecified atom stereocenters. The molecule has 0 saturated heterocycles. The number of nitrogens with two attached hydrogens (primary N) is 1.